The third-order valence-corrected chi connectivity index (χ3v) is 3.11. The lowest BCUT2D eigenvalue weighted by atomic mass is 10.2. The summed E-state index contributed by atoms with van der Waals surface area (Å²) in [6.45, 7) is 0.410. The van der Waals surface area contributed by atoms with Crippen molar-refractivity contribution < 1.29 is 9.31 Å². The Bertz CT molecular complexity index is 735. The van der Waals surface area contributed by atoms with Gasteiger partial charge in [-0.3, -0.25) is 15.5 Å². The molecule has 0 aromatic heterocycles. The van der Waals surface area contributed by atoms with Gasteiger partial charge in [-0.15, -0.1) is 0 Å². The Hall–Kier alpha value is -2.87. The minimum absolute atomic E-state index is 0.0387. The Kier molecular flexibility index (Phi) is 5.70. The molecule has 0 heterocycles. The maximum Gasteiger partial charge on any atom is 0.278 e. The number of hydrazone groups is 1. The summed E-state index contributed by atoms with van der Waals surface area (Å²) < 4.78 is 12.8. The lowest BCUT2D eigenvalue weighted by molar-refractivity contribution is -0.385. The van der Waals surface area contributed by atoms with E-state index in [0.29, 0.717) is 12.1 Å². The van der Waals surface area contributed by atoms with E-state index in [2.05, 4.69) is 15.8 Å². The van der Waals surface area contributed by atoms with Crippen LogP contribution in [0.1, 0.15) is 11.1 Å². The highest BCUT2D eigenvalue weighted by atomic mass is 32.1. The molecule has 0 aliphatic rings. The highest BCUT2D eigenvalue weighted by Crippen LogP contribution is 2.14. The predicted molar refractivity (Wildman–Crippen MR) is 89.7 cm³/mol. The van der Waals surface area contributed by atoms with Crippen LogP contribution in [0.2, 0.25) is 0 Å². The Balaban J connectivity index is 1.87. The number of para-hydroxylation sites is 1. The van der Waals surface area contributed by atoms with Crippen molar-refractivity contribution in [3.8, 4) is 0 Å². The summed E-state index contributed by atoms with van der Waals surface area (Å²) in [7, 11) is 0. The molecule has 2 aromatic carbocycles. The molecule has 2 N–H and O–H groups in total. The highest BCUT2D eigenvalue weighted by molar-refractivity contribution is 7.80. The summed E-state index contributed by atoms with van der Waals surface area (Å²) in [6.07, 6.45) is 1.32. The second-order valence-corrected chi connectivity index (χ2v) is 4.90. The van der Waals surface area contributed by atoms with Crippen LogP contribution >= 0.6 is 12.2 Å². The number of nitro groups is 1. The Morgan fingerprint density at radius 2 is 1.96 bits per heavy atom. The van der Waals surface area contributed by atoms with E-state index in [1.54, 1.807) is 30.3 Å². The first-order chi connectivity index (χ1) is 11.1. The van der Waals surface area contributed by atoms with Gasteiger partial charge in [-0.1, -0.05) is 24.3 Å². The molecule has 6 nitrogen and oxygen atoms in total. The van der Waals surface area contributed by atoms with Crippen LogP contribution in [0.4, 0.5) is 10.1 Å². The van der Waals surface area contributed by atoms with E-state index in [1.165, 1.54) is 24.4 Å². The van der Waals surface area contributed by atoms with Gasteiger partial charge >= 0.3 is 0 Å². The molecule has 118 valence electrons. The van der Waals surface area contributed by atoms with E-state index in [1.807, 2.05) is 0 Å². The number of hydrogen-bond acceptors (Lipinski definition) is 4. The van der Waals surface area contributed by atoms with Crippen LogP contribution < -0.4 is 10.7 Å². The zero-order chi connectivity index (χ0) is 16.7. The van der Waals surface area contributed by atoms with Gasteiger partial charge in [0.1, 0.15) is 5.82 Å². The molecule has 0 unspecified atom stereocenters. The molecule has 0 aliphatic heterocycles. The van der Waals surface area contributed by atoms with E-state index in [0.717, 1.165) is 5.56 Å². The van der Waals surface area contributed by atoms with E-state index < -0.39 is 4.92 Å². The molecule has 0 aliphatic carbocycles. The van der Waals surface area contributed by atoms with Gasteiger partial charge in [0.05, 0.1) is 16.7 Å². The Morgan fingerprint density at radius 1 is 1.26 bits per heavy atom. The second kappa shape index (κ2) is 7.95. The second-order valence-electron chi connectivity index (χ2n) is 4.50. The van der Waals surface area contributed by atoms with Crippen LogP contribution in [-0.4, -0.2) is 16.3 Å². The largest absolute Gasteiger partial charge is 0.357 e. The van der Waals surface area contributed by atoms with Crippen molar-refractivity contribution in [1.82, 2.24) is 10.7 Å². The zero-order valence-electron chi connectivity index (χ0n) is 11.9. The van der Waals surface area contributed by atoms with Crippen molar-refractivity contribution in [2.75, 3.05) is 0 Å². The first-order valence-electron chi connectivity index (χ1n) is 6.61. The molecule has 0 bridgehead atoms. The molecule has 23 heavy (non-hydrogen) atoms. The Labute approximate surface area is 137 Å². The lowest BCUT2D eigenvalue weighted by Gasteiger charge is -2.06. The number of nitrogens with one attached hydrogen (secondary N) is 2. The Morgan fingerprint density at radius 3 is 2.65 bits per heavy atom. The molecular formula is C15H13FN4O2S. The van der Waals surface area contributed by atoms with Crippen LogP contribution in [0.25, 0.3) is 0 Å². The van der Waals surface area contributed by atoms with Crippen LogP contribution in [0, 0.1) is 15.9 Å². The smallest absolute Gasteiger partial charge is 0.278 e. The maximum absolute atomic E-state index is 12.8. The highest BCUT2D eigenvalue weighted by Gasteiger charge is 2.09. The third-order valence-electron chi connectivity index (χ3n) is 2.87. The monoisotopic (exact) mass is 332 g/mol. The van der Waals surface area contributed by atoms with Crippen molar-refractivity contribution in [1.29, 1.82) is 0 Å². The first kappa shape index (κ1) is 16.5. The standard InChI is InChI=1S/C15H13FN4O2S/c16-13-7-5-11(6-8-13)9-17-15(23)19-18-10-12-3-1-2-4-14(12)20(21)22/h1-8,10H,9H2,(H2,17,19,23)/b18-10-. The fourth-order valence-corrected chi connectivity index (χ4v) is 1.87. The van der Waals surface area contributed by atoms with E-state index in [9.17, 15) is 14.5 Å². The van der Waals surface area contributed by atoms with Gasteiger partial charge in [0.2, 0.25) is 0 Å². The van der Waals surface area contributed by atoms with Crippen LogP contribution in [-0.2, 0) is 6.54 Å². The van der Waals surface area contributed by atoms with Gasteiger partial charge in [-0.2, -0.15) is 5.10 Å². The molecule has 0 atom stereocenters. The van der Waals surface area contributed by atoms with Crippen molar-refractivity contribution >= 4 is 29.2 Å². The topological polar surface area (TPSA) is 79.6 Å². The molecule has 2 rings (SSSR count). The third kappa shape index (κ3) is 5.11. The van der Waals surface area contributed by atoms with Crippen molar-refractivity contribution in [2.24, 2.45) is 5.10 Å². The van der Waals surface area contributed by atoms with Crippen molar-refractivity contribution in [3.63, 3.8) is 0 Å². The van der Waals surface area contributed by atoms with E-state index >= 15 is 0 Å². The van der Waals surface area contributed by atoms with E-state index in [-0.39, 0.29) is 16.6 Å². The summed E-state index contributed by atoms with van der Waals surface area (Å²) in [5.74, 6) is -0.302. The molecule has 0 spiro atoms. The summed E-state index contributed by atoms with van der Waals surface area (Å²) in [6, 6.07) is 12.2. The average Bonchev–Trinajstić information content (AvgIpc) is 2.54. The number of halogens is 1. The normalized spacial score (nSPS) is 10.5. The number of nitrogens with zero attached hydrogens (tertiary/aromatic N) is 2. The molecule has 0 fully saturated rings. The van der Waals surface area contributed by atoms with Gasteiger partial charge in [0.25, 0.3) is 5.69 Å². The molecule has 0 saturated carbocycles. The zero-order valence-corrected chi connectivity index (χ0v) is 12.7. The number of benzene rings is 2. The minimum atomic E-state index is -0.480. The van der Waals surface area contributed by atoms with Gasteiger partial charge in [-0.25, -0.2) is 4.39 Å². The number of thiocarbonyl (C=S) groups is 1. The van der Waals surface area contributed by atoms with Gasteiger partial charge in [-0.05, 0) is 36.0 Å². The number of nitro benzene ring substituents is 1. The van der Waals surface area contributed by atoms with Crippen molar-refractivity contribution in [2.45, 2.75) is 6.54 Å². The summed E-state index contributed by atoms with van der Waals surface area (Å²) >= 11 is 5.03. The fourth-order valence-electron chi connectivity index (χ4n) is 1.75. The average molecular weight is 332 g/mol. The van der Waals surface area contributed by atoms with Crippen LogP contribution in [0.3, 0.4) is 0 Å². The predicted octanol–water partition coefficient (Wildman–Crippen LogP) is 2.73. The minimum Gasteiger partial charge on any atom is -0.357 e. The summed E-state index contributed by atoms with van der Waals surface area (Å²) in [4.78, 5) is 10.4. The SMILES string of the molecule is O=[N+]([O-])c1ccccc1/C=N\NC(=S)NCc1ccc(F)cc1. The lowest BCUT2D eigenvalue weighted by Crippen LogP contribution is -2.31. The van der Waals surface area contributed by atoms with Crippen LogP contribution in [0.5, 0.6) is 0 Å². The van der Waals surface area contributed by atoms with Crippen LogP contribution in [0.15, 0.2) is 53.6 Å². The molecule has 0 radical (unpaired) electrons. The first-order valence-corrected chi connectivity index (χ1v) is 7.02. The van der Waals surface area contributed by atoms with Gasteiger partial charge in [0.15, 0.2) is 5.11 Å². The number of hydrogen-bond donors (Lipinski definition) is 2. The molecule has 8 heteroatoms. The maximum atomic E-state index is 12.8. The van der Waals surface area contributed by atoms with Gasteiger partial charge < -0.3 is 5.32 Å². The summed E-state index contributed by atoms with van der Waals surface area (Å²) in [5.41, 5.74) is 3.76. The van der Waals surface area contributed by atoms with E-state index in [4.69, 9.17) is 12.2 Å². The molecule has 0 amide bonds. The molecule has 2 aromatic rings. The number of rotatable bonds is 5. The van der Waals surface area contributed by atoms with Crippen molar-refractivity contribution in [3.05, 3.63) is 75.6 Å². The fraction of sp³-hybridized carbons (Fsp3) is 0.0667. The van der Waals surface area contributed by atoms with Gasteiger partial charge in [0, 0.05) is 12.6 Å². The summed E-state index contributed by atoms with van der Waals surface area (Å²) in [5, 5.41) is 17.9. The molecule has 0 saturated heterocycles. The quantitative estimate of drug-likeness (QED) is 0.381. The molecular weight excluding hydrogens is 319 g/mol.